The number of allylic oxidation sites excluding steroid dienone is 1. The van der Waals surface area contributed by atoms with Gasteiger partial charge in [-0.2, -0.15) is 0 Å². The summed E-state index contributed by atoms with van der Waals surface area (Å²) in [6.07, 6.45) is 14.9. The van der Waals surface area contributed by atoms with Crippen LogP contribution in [0, 0.1) is 0 Å². The zero-order valence-electron chi connectivity index (χ0n) is 11.6. The van der Waals surface area contributed by atoms with E-state index in [4.69, 9.17) is 0 Å². The predicted octanol–water partition coefficient (Wildman–Crippen LogP) is 4.80. The van der Waals surface area contributed by atoms with E-state index >= 15 is 0 Å². The van der Waals surface area contributed by atoms with E-state index in [-0.39, 0.29) is 0 Å². The number of nitrogens with zero attached hydrogens (tertiary/aromatic N) is 1. The maximum absolute atomic E-state index is 2.56. The van der Waals surface area contributed by atoms with Gasteiger partial charge in [-0.1, -0.05) is 42.0 Å². The third-order valence-corrected chi connectivity index (χ3v) is 4.23. The topological polar surface area (TPSA) is 3.24 Å². The summed E-state index contributed by atoms with van der Waals surface area (Å²) in [6, 6.07) is 8.78. The Labute approximate surface area is 116 Å². The maximum atomic E-state index is 2.56. The Hall–Kier alpha value is -1.50. The third kappa shape index (κ3) is 3.09. The average molecular weight is 253 g/mol. The Morgan fingerprint density at radius 2 is 2.00 bits per heavy atom. The molecule has 0 saturated heterocycles. The number of hydrogen-bond acceptors (Lipinski definition) is 1. The highest BCUT2D eigenvalue weighted by atomic mass is 15.1. The van der Waals surface area contributed by atoms with Crippen molar-refractivity contribution < 1.29 is 0 Å². The molecule has 1 aromatic carbocycles. The van der Waals surface area contributed by atoms with Gasteiger partial charge in [0.25, 0.3) is 0 Å². The first-order chi connectivity index (χ1) is 9.43. The number of rotatable bonds is 3. The van der Waals surface area contributed by atoms with Crippen LogP contribution >= 0.6 is 0 Å². The van der Waals surface area contributed by atoms with E-state index in [1.807, 2.05) is 0 Å². The second-order valence-electron chi connectivity index (χ2n) is 5.60. The molecule has 1 heterocycles. The van der Waals surface area contributed by atoms with Crippen molar-refractivity contribution in [3.8, 4) is 0 Å². The molecule has 0 N–H and O–H groups in total. The van der Waals surface area contributed by atoms with E-state index in [2.05, 4.69) is 47.4 Å². The van der Waals surface area contributed by atoms with Crippen LogP contribution in [0.15, 0.2) is 42.0 Å². The molecule has 0 unspecified atom stereocenters. The lowest BCUT2D eigenvalue weighted by Gasteiger charge is -2.26. The van der Waals surface area contributed by atoms with Crippen LogP contribution in [0.25, 0.3) is 6.08 Å². The number of fused-ring (bicyclic) bond motifs is 1. The van der Waals surface area contributed by atoms with Gasteiger partial charge in [-0.15, -0.1) is 0 Å². The molecule has 2 aliphatic rings. The van der Waals surface area contributed by atoms with Gasteiger partial charge in [-0.3, -0.25) is 0 Å². The molecule has 1 nitrogen and oxygen atoms in total. The van der Waals surface area contributed by atoms with E-state index in [0.717, 1.165) is 13.0 Å². The smallest absolute Gasteiger partial charge is 0.0439 e. The van der Waals surface area contributed by atoms with Gasteiger partial charge in [0.2, 0.25) is 0 Å². The fourth-order valence-corrected chi connectivity index (χ4v) is 3.12. The van der Waals surface area contributed by atoms with Gasteiger partial charge in [0.05, 0.1) is 0 Å². The van der Waals surface area contributed by atoms with Crippen LogP contribution in [-0.4, -0.2) is 13.1 Å². The van der Waals surface area contributed by atoms with Crippen LogP contribution in [-0.2, 0) is 0 Å². The standard InChI is InChI=1S/C18H23N/c1-2-8-16(9-3-1)13-15-19-14-7-6-11-17-10-4-5-12-18(17)19/h4-6,8,10-12H,1-3,7,9,13-15H2. The number of hydrogen-bond donors (Lipinski definition) is 0. The SMILES string of the molecule is C1=Cc2ccccc2N(CCC2=CCCCC2)CC1. The largest absolute Gasteiger partial charge is 0.370 e. The minimum Gasteiger partial charge on any atom is -0.370 e. The van der Waals surface area contributed by atoms with Crippen molar-refractivity contribution in [2.45, 2.75) is 38.5 Å². The Kier molecular flexibility index (Phi) is 4.02. The molecule has 0 atom stereocenters. The molecule has 0 radical (unpaired) electrons. The zero-order valence-corrected chi connectivity index (χ0v) is 11.6. The molecule has 1 aliphatic carbocycles. The van der Waals surface area contributed by atoms with Crippen molar-refractivity contribution in [2.24, 2.45) is 0 Å². The monoisotopic (exact) mass is 253 g/mol. The lowest BCUT2D eigenvalue weighted by molar-refractivity contribution is 0.663. The Bertz CT molecular complexity index is 484. The molecule has 100 valence electrons. The Morgan fingerprint density at radius 1 is 1.05 bits per heavy atom. The molecule has 1 aromatic rings. The molecule has 1 heteroatoms. The van der Waals surface area contributed by atoms with Crippen LogP contribution in [0.2, 0.25) is 0 Å². The lowest BCUT2D eigenvalue weighted by atomic mass is 9.97. The van der Waals surface area contributed by atoms with E-state index in [0.29, 0.717) is 0 Å². The van der Waals surface area contributed by atoms with Crippen molar-refractivity contribution in [1.82, 2.24) is 0 Å². The molecule has 19 heavy (non-hydrogen) atoms. The fraction of sp³-hybridized carbons (Fsp3) is 0.444. The summed E-state index contributed by atoms with van der Waals surface area (Å²) < 4.78 is 0. The number of anilines is 1. The van der Waals surface area contributed by atoms with Crippen molar-refractivity contribution >= 4 is 11.8 Å². The van der Waals surface area contributed by atoms with E-state index in [1.165, 1.54) is 49.9 Å². The van der Waals surface area contributed by atoms with Crippen molar-refractivity contribution in [3.05, 3.63) is 47.6 Å². The molecule has 0 spiro atoms. The van der Waals surface area contributed by atoms with Crippen molar-refractivity contribution in [3.63, 3.8) is 0 Å². The Morgan fingerprint density at radius 3 is 2.89 bits per heavy atom. The second kappa shape index (κ2) is 6.10. The van der Waals surface area contributed by atoms with Gasteiger partial charge < -0.3 is 4.90 Å². The highest BCUT2D eigenvalue weighted by Gasteiger charge is 2.12. The summed E-state index contributed by atoms with van der Waals surface area (Å²) in [5, 5.41) is 0. The van der Waals surface area contributed by atoms with Gasteiger partial charge in [0.1, 0.15) is 0 Å². The summed E-state index contributed by atoms with van der Waals surface area (Å²) in [7, 11) is 0. The minimum absolute atomic E-state index is 1.15. The molecular formula is C18H23N. The van der Waals surface area contributed by atoms with Gasteiger partial charge in [-0.25, -0.2) is 0 Å². The summed E-state index contributed by atoms with van der Waals surface area (Å²) in [6.45, 7) is 2.32. The molecule has 0 aromatic heterocycles. The van der Waals surface area contributed by atoms with Crippen LogP contribution in [0.1, 0.15) is 44.1 Å². The van der Waals surface area contributed by atoms with E-state index < -0.39 is 0 Å². The average Bonchev–Trinajstić information content (AvgIpc) is 2.68. The van der Waals surface area contributed by atoms with Gasteiger partial charge >= 0.3 is 0 Å². The predicted molar refractivity (Wildman–Crippen MR) is 83.5 cm³/mol. The molecule has 1 aliphatic heterocycles. The van der Waals surface area contributed by atoms with E-state index in [9.17, 15) is 0 Å². The number of benzene rings is 1. The summed E-state index contributed by atoms with van der Waals surface area (Å²) in [5.41, 5.74) is 4.46. The van der Waals surface area contributed by atoms with E-state index in [1.54, 1.807) is 5.57 Å². The van der Waals surface area contributed by atoms with Crippen LogP contribution in [0.5, 0.6) is 0 Å². The third-order valence-electron chi connectivity index (χ3n) is 4.23. The Balaban J connectivity index is 1.69. The molecule has 0 bridgehead atoms. The van der Waals surface area contributed by atoms with Gasteiger partial charge in [0, 0.05) is 18.8 Å². The second-order valence-corrected chi connectivity index (χ2v) is 5.60. The quantitative estimate of drug-likeness (QED) is 0.699. The molecule has 0 saturated carbocycles. The summed E-state index contributed by atoms with van der Waals surface area (Å²) in [4.78, 5) is 2.56. The first-order valence-corrected chi connectivity index (χ1v) is 7.62. The molecule has 3 rings (SSSR count). The molecule has 0 amide bonds. The molecule has 0 fully saturated rings. The van der Waals surface area contributed by atoms with Crippen LogP contribution < -0.4 is 4.90 Å². The first kappa shape index (κ1) is 12.5. The molecular weight excluding hydrogens is 230 g/mol. The fourth-order valence-electron chi connectivity index (χ4n) is 3.12. The van der Waals surface area contributed by atoms with Crippen molar-refractivity contribution in [1.29, 1.82) is 0 Å². The highest BCUT2D eigenvalue weighted by Crippen LogP contribution is 2.27. The highest BCUT2D eigenvalue weighted by molar-refractivity contribution is 5.68. The summed E-state index contributed by atoms with van der Waals surface area (Å²) >= 11 is 0. The summed E-state index contributed by atoms with van der Waals surface area (Å²) in [5.74, 6) is 0. The van der Waals surface area contributed by atoms with Crippen LogP contribution in [0.3, 0.4) is 0 Å². The normalized spacial score (nSPS) is 18.7. The zero-order chi connectivity index (χ0) is 12.9. The number of para-hydroxylation sites is 1. The minimum atomic E-state index is 1.15. The lowest BCUT2D eigenvalue weighted by Crippen LogP contribution is -2.25. The first-order valence-electron chi connectivity index (χ1n) is 7.62. The van der Waals surface area contributed by atoms with Crippen LogP contribution in [0.4, 0.5) is 5.69 Å². The van der Waals surface area contributed by atoms with Gasteiger partial charge in [0.15, 0.2) is 0 Å². The maximum Gasteiger partial charge on any atom is 0.0439 e. The van der Waals surface area contributed by atoms with Crippen molar-refractivity contribution in [2.75, 3.05) is 18.0 Å². The van der Waals surface area contributed by atoms with Gasteiger partial charge in [-0.05, 0) is 50.2 Å².